The van der Waals surface area contributed by atoms with Gasteiger partial charge in [0.25, 0.3) is 0 Å². The predicted molar refractivity (Wildman–Crippen MR) is 84.0 cm³/mol. The Hall–Kier alpha value is -1.54. The molecule has 0 spiro atoms. The van der Waals surface area contributed by atoms with E-state index in [0.717, 1.165) is 31.6 Å². The van der Waals surface area contributed by atoms with Crippen molar-refractivity contribution < 1.29 is 4.42 Å². The molecule has 0 saturated heterocycles. The van der Waals surface area contributed by atoms with E-state index in [4.69, 9.17) is 4.42 Å². The summed E-state index contributed by atoms with van der Waals surface area (Å²) in [6.07, 6.45) is 4.98. The first kappa shape index (κ1) is 14.9. The lowest BCUT2D eigenvalue weighted by Crippen LogP contribution is -2.24. The monoisotopic (exact) mass is 271 g/mol. The van der Waals surface area contributed by atoms with Crippen molar-refractivity contribution >= 4 is 0 Å². The molecule has 1 aromatic heterocycles. The van der Waals surface area contributed by atoms with Gasteiger partial charge >= 0.3 is 0 Å². The minimum Gasteiger partial charge on any atom is -0.467 e. The van der Waals surface area contributed by atoms with Gasteiger partial charge in [0.05, 0.1) is 12.3 Å². The summed E-state index contributed by atoms with van der Waals surface area (Å²) in [5.74, 6) is 1.07. The third kappa shape index (κ3) is 3.73. The van der Waals surface area contributed by atoms with Crippen molar-refractivity contribution in [2.24, 2.45) is 0 Å². The summed E-state index contributed by atoms with van der Waals surface area (Å²) >= 11 is 0. The van der Waals surface area contributed by atoms with Crippen molar-refractivity contribution in [3.63, 3.8) is 0 Å². The normalized spacial score (nSPS) is 12.6. The SMILES string of the molecule is CCCNC(Cc1ccc(CC)cc1)c1occc1C. The molecular formula is C18H25NO. The highest BCUT2D eigenvalue weighted by Gasteiger charge is 2.16. The summed E-state index contributed by atoms with van der Waals surface area (Å²) in [7, 11) is 0. The molecule has 0 amide bonds. The largest absolute Gasteiger partial charge is 0.467 e. The zero-order chi connectivity index (χ0) is 14.4. The number of hydrogen-bond acceptors (Lipinski definition) is 2. The zero-order valence-electron chi connectivity index (χ0n) is 12.8. The fourth-order valence-electron chi connectivity index (χ4n) is 2.46. The Labute approximate surface area is 122 Å². The van der Waals surface area contributed by atoms with E-state index in [1.54, 1.807) is 6.26 Å². The summed E-state index contributed by atoms with van der Waals surface area (Å²) in [6.45, 7) is 7.50. The second kappa shape index (κ2) is 7.30. The van der Waals surface area contributed by atoms with Gasteiger partial charge in [0.1, 0.15) is 5.76 Å². The van der Waals surface area contributed by atoms with Crippen LogP contribution in [0.4, 0.5) is 0 Å². The average Bonchev–Trinajstić information content (AvgIpc) is 2.90. The highest BCUT2D eigenvalue weighted by molar-refractivity contribution is 5.26. The predicted octanol–water partition coefficient (Wildman–Crippen LogP) is 4.43. The standard InChI is InChI=1S/C18H25NO/c1-4-11-19-17(18-14(3)10-12-20-18)13-16-8-6-15(5-2)7-9-16/h6-10,12,17,19H,4-5,11,13H2,1-3H3. The highest BCUT2D eigenvalue weighted by atomic mass is 16.3. The van der Waals surface area contributed by atoms with Crippen molar-refractivity contribution in [1.82, 2.24) is 5.32 Å². The van der Waals surface area contributed by atoms with Crippen LogP contribution in [0.1, 0.15) is 48.8 Å². The van der Waals surface area contributed by atoms with E-state index in [2.05, 4.69) is 50.4 Å². The van der Waals surface area contributed by atoms with Crippen LogP contribution >= 0.6 is 0 Å². The molecule has 1 aromatic carbocycles. The van der Waals surface area contributed by atoms with Gasteiger partial charge in [0.2, 0.25) is 0 Å². The maximum Gasteiger partial charge on any atom is 0.123 e. The van der Waals surface area contributed by atoms with E-state index in [9.17, 15) is 0 Å². The van der Waals surface area contributed by atoms with Crippen LogP contribution < -0.4 is 5.32 Å². The van der Waals surface area contributed by atoms with Crippen LogP contribution in [-0.2, 0) is 12.8 Å². The maximum atomic E-state index is 5.68. The minimum atomic E-state index is 0.262. The van der Waals surface area contributed by atoms with Crippen LogP contribution in [0.3, 0.4) is 0 Å². The van der Waals surface area contributed by atoms with E-state index in [1.807, 2.05) is 6.07 Å². The van der Waals surface area contributed by atoms with Crippen LogP contribution in [0.25, 0.3) is 0 Å². The molecule has 2 nitrogen and oxygen atoms in total. The molecule has 0 aliphatic carbocycles. The quantitative estimate of drug-likeness (QED) is 0.805. The summed E-state index contributed by atoms with van der Waals surface area (Å²) in [4.78, 5) is 0. The van der Waals surface area contributed by atoms with Crippen molar-refractivity contribution in [2.75, 3.05) is 6.54 Å². The second-order valence-electron chi connectivity index (χ2n) is 5.35. The molecule has 1 N–H and O–H groups in total. The molecule has 0 aliphatic heterocycles. The minimum absolute atomic E-state index is 0.262. The maximum absolute atomic E-state index is 5.68. The third-order valence-corrected chi connectivity index (χ3v) is 3.73. The number of aryl methyl sites for hydroxylation is 2. The van der Waals surface area contributed by atoms with Crippen LogP contribution in [0, 0.1) is 6.92 Å². The molecule has 108 valence electrons. The molecule has 0 bridgehead atoms. The van der Waals surface area contributed by atoms with Gasteiger partial charge in [-0.15, -0.1) is 0 Å². The number of hydrogen-bond donors (Lipinski definition) is 1. The van der Waals surface area contributed by atoms with E-state index in [0.29, 0.717) is 0 Å². The molecule has 0 fully saturated rings. The zero-order valence-corrected chi connectivity index (χ0v) is 12.8. The summed E-state index contributed by atoms with van der Waals surface area (Å²) < 4.78 is 5.68. The Morgan fingerprint density at radius 3 is 2.30 bits per heavy atom. The fourth-order valence-corrected chi connectivity index (χ4v) is 2.46. The molecular weight excluding hydrogens is 246 g/mol. The van der Waals surface area contributed by atoms with Crippen molar-refractivity contribution in [1.29, 1.82) is 0 Å². The van der Waals surface area contributed by atoms with E-state index < -0.39 is 0 Å². The molecule has 0 radical (unpaired) electrons. The van der Waals surface area contributed by atoms with Crippen LogP contribution in [-0.4, -0.2) is 6.54 Å². The lowest BCUT2D eigenvalue weighted by molar-refractivity contribution is 0.408. The number of furan rings is 1. The lowest BCUT2D eigenvalue weighted by atomic mass is 10.00. The van der Waals surface area contributed by atoms with Gasteiger partial charge in [-0.25, -0.2) is 0 Å². The van der Waals surface area contributed by atoms with E-state index in [1.165, 1.54) is 16.7 Å². The number of benzene rings is 1. The average molecular weight is 271 g/mol. The second-order valence-corrected chi connectivity index (χ2v) is 5.35. The Kier molecular flexibility index (Phi) is 5.42. The molecule has 2 heteroatoms. The molecule has 1 heterocycles. The van der Waals surface area contributed by atoms with Gasteiger partial charge in [-0.05, 0) is 55.5 Å². The molecule has 2 rings (SSSR count). The molecule has 20 heavy (non-hydrogen) atoms. The van der Waals surface area contributed by atoms with E-state index in [-0.39, 0.29) is 6.04 Å². The van der Waals surface area contributed by atoms with Crippen molar-refractivity contribution in [3.05, 3.63) is 59.0 Å². The van der Waals surface area contributed by atoms with Crippen molar-refractivity contribution in [3.8, 4) is 0 Å². The molecule has 2 aromatic rings. The fraction of sp³-hybridized carbons (Fsp3) is 0.444. The Morgan fingerprint density at radius 2 is 1.75 bits per heavy atom. The van der Waals surface area contributed by atoms with Crippen molar-refractivity contribution in [2.45, 2.75) is 46.1 Å². The van der Waals surface area contributed by atoms with Crippen LogP contribution in [0.5, 0.6) is 0 Å². The van der Waals surface area contributed by atoms with Crippen LogP contribution in [0.2, 0.25) is 0 Å². The molecule has 1 atom stereocenters. The van der Waals surface area contributed by atoms with E-state index >= 15 is 0 Å². The topological polar surface area (TPSA) is 25.2 Å². The van der Waals surface area contributed by atoms with Gasteiger partial charge in [0.15, 0.2) is 0 Å². The Morgan fingerprint density at radius 1 is 1.05 bits per heavy atom. The van der Waals surface area contributed by atoms with Gasteiger partial charge in [-0.3, -0.25) is 0 Å². The molecule has 1 unspecified atom stereocenters. The summed E-state index contributed by atoms with van der Waals surface area (Å²) in [5, 5.41) is 3.60. The lowest BCUT2D eigenvalue weighted by Gasteiger charge is -2.17. The van der Waals surface area contributed by atoms with Gasteiger partial charge in [0, 0.05) is 0 Å². The number of nitrogens with one attached hydrogen (secondary N) is 1. The van der Waals surface area contributed by atoms with Crippen LogP contribution in [0.15, 0.2) is 41.0 Å². The first-order chi connectivity index (χ1) is 9.74. The first-order valence-electron chi connectivity index (χ1n) is 7.59. The first-order valence-corrected chi connectivity index (χ1v) is 7.59. The summed E-state index contributed by atoms with van der Waals surface area (Å²) in [5.41, 5.74) is 3.97. The third-order valence-electron chi connectivity index (χ3n) is 3.73. The van der Waals surface area contributed by atoms with Gasteiger partial charge in [-0.2, -0.15) is 0 Å². The number of rotatable bonds is 7. The van der Waals surface area contributed by atoms with Gasteiger partial charge < -0.3 is 9.73 Å². The van der Waals surface area contributed by atoms with Gasteiger partial charge in [-0.1, -0.05) is 38.1 Å². The smallest absolute Gasteiger partial charge is 0.123 e. The summed E-state index contributed by atoms with van der Waals surface area (Å²) in [6, 6.07) is 11.2. The molecule has 0 aliphatic rings. The Balaban J connectivity index is 2.12. The molecule has 0 saturated carbocycles. The Bertz CT molecular complexity index is 512. The highest BCUT2D eigenvalue weighted by Crippen LogP contribution is 2.23.